The third-order valence-corrected chi connectivity index (χ3v) is 1.78. The zero-order valence-electron chi connectivity index (χ0n) is 8.46. The van der Waals surface area contributed by atoms with Crippen LogP contribution in [0, 0.1) is 0 Å². The SMILES string of the molecule is NC(=O)C(O)CNC(=O)Cn1cc(N)cn1. The summed E-state index contributed by atoms with van der Waals surface area (Å²) in [6.07, 6.45) is 1.52. The molecule has 2 amide bonds. The lowest BCUT2D eigenvalue weighted by molar-refractivity contribution is -0.127. The Hall–Kier alpha value is -2.09. The number of primary amides is 1. The van der Waals surface area contributed by atoms with E-state index in [9.17, 15) is 9.59 Å². The maximum absolute atomic E-state index is 11.3. The second-order valence-electron chi connectivity index (χ2n) is 3.19. The Balaban J connectivity index is 2.34. The van der Waals surface area contributed by atoms with Crippen LogP contribution in [0.2, 0.25) is 0 Å². The van der Waals surface area contributed by atoms with Crippen LogP contribution in [-0.4, -0.2) is 39.4 Å². The summed E-state index contributed by atoms with van der Waals surface area (Å²) in [6, 6.07) is 0. The van der Waals surface area contributed by atoms with Gasteiger partial charge in [0.25, 0.3) is 0 Å². The molecule has 88 valence electrons. The van der Waals surface area contributed by atoms with Crippen LogP contribution in [0.1, 0.15) is 0 Å². The largest absolute Gasteiger partial charge is 0.396 e. The molecule has 8 heteroatoms. The van der Waals surface area contributed by atoms with Gasteiger partial charge in [0.2, 0.25) is 11.8 Å². The van der Waals surface area contributed by atoms with Crippen LogP contribution >= 0.6 is 0 Å². The van der Waals surface area contributed by atoms with Crippen LogP contribution in [0.25, 0.3) is 0 Å². The number of carbonyl (C=O) groups excluding carboxylic acids is 2. The number of nitrogens with two attached hydrogens (primary N) is 2. The van der Waals surface area contributed by atoms with Crippen LogP contribution < -0.4 is 16.8 Å². The van der Waals surface area contributed by atoms with Gasteiger partial charge in [-0.25, -0.2) is 0 Å². The summed E-state index contributed by atoms with van der Waals surface area (Å²) in [7, 11) is 0. The Kier molecular flexibility index (Phi) is 3.84. The van der Waals surface area contributed by atoms with Gasteiger partial charge in [-0.2, -0.15) is 5.10 Å². The molecule has 1 rings (SSSR count). The van der Waals surface area contributed by atoms with Crippen molar-refractivity contribution in [2.75, 3.05) is 12.3 Å². The van der Waals surface area contributed by atoms with E-state index in [2.05, 4.69) is 10.4 Å². The van der Waals surface area contributed by atoms with E-state index in [0.717, 1.165) is 0 Å². The van der Waals surface area contributed by atoms with Crippen LogP contribution in [-0.2, 0) is 16.1 Å². The minimum Gasteiger partial charge on any atom is -0.396 e. The Labute approximate surface area is 91.2 Å². The van der Waals surface area contributed by atoms with E-state index in [1.807, 2.05) is 0 Å². The quantitative estimate of drug-likeness (QED) is 0.438. The van der Waals surface area contributed by atoms with Gasteiger partial charge in [0.05, 0.1) is 18.4 Å². The molecule has 1 aromatic heterocycles. The van der Waals surface area contributed by atoms with Gasteiger partial charge >= 0.3 is 0 Å². The first-order valence-corrected chi connectivity index (χ1v) is 4.51. The molecule has 16 heavy (non-hydrogen) atoms. The van der Waals surface area contributed by atoms with Crippen molar-refractivity contribution in [1.29, 1.82) is 0 Å². The van der Waals surface area contributed by atoms with E-state index in [1.54, 1.807) is 0 Å². The predicted molar refractivity (Wildman–Crippen MR) is 54.9 cm³/mol. The van der Waals surface area contributed by atoms with E-state index in [1.165, 1.54) is 17.1 Å². The number of anilines is 1. The summed E-state index contributed by atoms with van der Waals surface area (Å²) < 4.78 is 1.33. The first-order valence-electron chi connectivity index (χ1n) is 4.51. The van der Waals surface area contributed by atoms with Gasteiger partial charge in [0.15, 0.2) is 0 Å². The lowest BCUT2D eigenvalue weighted by atomic mass is 10.3. The second-order valence-corrected chi connectivity index (χ2v) is 3.19. The van der Waals surface area contributed by atoms with Gasteiger partial charge in [-0.05, 0) is 0 Å². The summed E-state index contributed by atoms with van der Waals surface area (Å²) >= 11 is 0. The van der Waals surface area contributed by atoms with E-state index >= 15 is 0 Å². The van der Waals surface area contributed by atoms with Crippen molar-refractivity contribution >= 4 is 17.5 Å². The first kappa shape index (κ1) is 12.0. The molecule has 0 saturated heterocycles. The highest BCUT2D eigenvalue weighted by molar-refractivity contribution is 5.80. The van der Waals surface area contributed by atoms with Crippen molar-refractivity contribution in [2.24, 2.45) is 5.73 Å². The smallest absolute Gasteiger partial charge is 0.248 e. The zero-order valence-corrected chi connectivity index (χ0v) is 8.46. The van der Waals surface area contributed by atoms with Crippen molar-refractivity contribution < 1.29 is 14.7 Å². The molecule has 1 aromatic rings. The van der Waals surface area contributed by atoms with Crippen LogP contribution in [0.5, 0.6) is 0 Å². The van der Waals surface area contributed by atoms with E-state index < -0.39 is 17.9 Å². The number of nitrogen functional groups attached to an aromatic ring is 1. The third kappa shape index (κ3) is 3.58. The van der Waals surface area contributed by atoms with Gasteiger partial charge < -0.3 is 21.9 Å². The van der Waals surface area contributed by atoms with Gasteiger partial charge in [0, 0.05) is 6.20 Å². The van der Waals surface area contributed by atoms with Crippen molar-refractivity contribution in [1.82, 2.24) is 15.1 Å². The molecule has 0 aliphatic carbocycles. The normalized spacial score (nSPS) is 12.1. The fraction of sp³-hybridized carbons (Fsp3) is 0.375. The zero-order chi connectivity index (χ0) is 12.1. The Morgan fingerprint density at radius 1 is 1.62 bits per heavy atom. The van der Waals surface area contributed by atoms with E-state index in [0.29, 0.717) is 5.69 Å². The van der Waals surface area contributed by atoms with Crippen molar-refractivity contribution in [3.63, 3.8) is 0 Å². The van der Waals surface area contributed by atoms with Crippen LogP contribution in [0.4, 0.5) is 5.69 Å². The van der Waals surface area contributed by atoms with E-state index in [4.69, 9.17) is 16.6 Å². The van der Waals surface area contributed by atoms with Crippen LogP contribution in [0.3, 0.4) is 0 Å². The number of hydrogen-bond acceptors (Lipinski definition) is 5. The molecule has 0 aliphatic rings. The minimum atomic E-state index is -1.38. The summed E-state index contributed by atoms with van der Waals surface area (Å²) in [5.74, 6) is -1.29. The maximum Gasteiger partial charge on any atom is 0.248 e. The summed E-state index contributed by atoms with van der Waals surface area (Å²) in [6.45, 7) is -0.256. The van der Waals surface area contributed by atoms with Crippen molar-refractivity contribution in [3.8, 4) is 0 Å². The lowest BCUT2D eigenvalue weighted by Crippen LogP contribution is -2.41. The molecule has 0 fully saturated rings. The monoisotopic (exact) mass is 227 g/mol. The molecule has 6 N–H and O–H groups in total. The topological polar surface area (TPSA) is 136 Å². The molecule has 0 spiro atoms. The molecular weight excluding hydrogens is 214 g/mol. The molecule has 0 bridgehead atoms. The standard InChI is InChI=1S/C8H13N5O3/c9-5-1-12-13(3-5)4-7(15)11-2-6(14)8(10)16/h1,3,6,14H,2,4,9H2,(H2,10,16)(H,11,15). The Morgan fingerprint density at radius 3 is 2.81 bits per heavy atom. The molecule has 0 radical (unpaired) electrons. The van der Waals surface area contributed by atoms with Gasteiger partial charge in [-0.3, -0.25) is 14.3 Å². The Bertz CT molecular complexity index is 389. The highest BCUT2D eigenvalue weighted by Gasteiger charge is 2.12. The number of nitrogens with one attached hydrogen (secondary N) is 1. The number of rotatable bonds is 5. The molecule has 1 unspecified atom stereocenters. The van der Waals surface area contributed by atoms with Crippen molar-refractivity contribution in [3.05, 3.63) is 12.4 Å². The number of aromatic nitrogens is 2. The average Bonchev–Trinajstić information content (AvgIpc) is 2.60. The summed E-state index contributed by atoms with van der Waals surface area (Å²) in [5, 5.41) is 15.1. The molecule has 1 atom stereocenters. The van der Waals surface area contributed by atoms with E-state index in [-0.39, 0.29) is 13.1 Å². The highest BCUT2D eigenvalue weighted by atomic mass is 16.3. The molecule has 0 aliphatic heterocycles. The molecular formula is C8H13N5O3. The fourth-order valence-electron chi connectivity index (χ4n) is 0.980. The van der Waals surface area contributed by atoms with Gasteiger partial charge in [-0.1, -0.05) is 0 Å². The average molecular weight is 227 g/mol. The highest BCUT2D eigenvalue weighted by Crippen LogP contribution is 1.96. The lowest BCUT2D eigenvalue weighted by Gasteiger charge is -2.08. The number of amides is 2. The minimum absolute atomic E-state index is 0.0390. The Morgan fingerprint density at radius 2 is 2.31 bits per heavy atom. The molecule has 0 aromatic carbocycles. The number of carbonyl (C=O) groups is 2. The number of aliphatic hydroxyl groups is 1. The fourth-order valence-corrected chi connectivity index (χ4v) is 0.980. The molecule has 0 saturated carbocycles. The second kappa shape index (κ2) is 5.12. The first-order chi connectivity index (χ1) is 7.49. The van der Waals surface area contributed by atoms with Crippen molar-refractivity contribution in [2.45, 2.75) is 12.6 Å². The van der Waals surface area contributed by atoms with Gasteiger partial charge in [0.1, 0.15) is 12.6 Å². The number of aliphatic hydroxyl groups excluding tert-OH is 1. The van der Waals surface area contributed by atoms with Gasteiger partial charge in [-0.15, -0.1) is 0 Å². The summed E-state index contributed by atoms with van der Waals surface area (Å²) in [5.41, 5.74) is 10.7. The molecule has 1 heterocycles. The molecule has 8 nitrogen and oxygen atoms in total. The summed E-state index contributed by atoms with van der Waals surface area (Å²) in [4.78, 5) is 21.7. The number of nitrogens with zero attached hydrogens (tertiary/aromatic N) is 2. The predicted octanol–water partition coefficient (Wildman–Crippen LogP) is -2.57. The number of hydrogen-bond donors (Lipinski definition) is 4. The maximum atomic E-state index is 11.3. The third-order valence-electron chi connectivity index (χ3n) is 1.78. The van der Waals surface area contributed by atoms with Crippen LogP contribution in [0.15, 0.2) is 12.4 Å².